The molecule has 0 aromatic carbocycles. The second kappa shape index (κ2) is 7.39. The Morgan fingerprint density at radius 3 is 2.06 bits per heavy atom. The van der Waals surface area contributed by atoms with Gasteiger partial charge in [-0.05, 0) is 48.2 Å². The molecule has 5 heteroatoms. The molecule has 3 nitrogen and oxygen atoms in total. The molecule has 0 atom stereocenters. The SMILES string of the molecule is CCO[Si](C)(C)C=C[SiH2]C(N(C)C)N(C)C. The van der Waals surface area contributed by atoms with Crippen LogP contribution in [0.25, 0.3) is 0 Å². The Bertz CT molecular complexity index is 210. The minimum absolute atomic E-state index is 0.240. The topological polar surface area (TPSA) is 15.7 Å². The van der Waals surface area contributed by atoms with Crippen molar-refractivity contribution in [2.45, 2.75) is 25.8 Å². The van der Waals surface area contributed by atoms with E-state index in [1.165, 1.54) is 0 Å². The van der Waals surface area contributed by atoms with Crippen LogP contribution in [-0.2, 0) is 4.43 Å². The minimum Gasteiger partial charge on any atom is -0.414 e. The Kier molecular flexibility index (Phi) is 7.42. The van der Waals surface area contributed by atoms with Gasteiger partial charge in [0, 0.05) is 12.4 Å². The summed E-state index contributed by atoms with van der Waals surface area (Å²) in [5, 5.41) is 0. The largest absolute Gasteiger partial charge is 0.414 e. The third-order valence-corrected chi connectivity index (χ3v) is 7.51. The van der Waals surface area contributed by atoms with Crippen LogP contribution in [0, 0.1) is 0 Å². The van der Waals surface area contributed by atoms with Crippen LogP contribution in [0.1, 0.15) is 6.92 Å². The molecule has 0 aliphatic carbocycles. The summed E-state index contributed by atoms with van der Waals surface area (Å²) in [5.74, 6) is 0.600. The fourth-order valence-electron chi connectivity index (χ4n) is 1.78. The van der Waals surface area contributed by atoms with Crippen LogP contribution in [0.2, 0.25) is 13.1 Å². The van der Waals surface area contributed by atoms with Crippen molar-refractivity contribution in [1.82, 2.24) is 9.80 Å². The second-order valence-corrected chi connectivity index (χ2v) is 10.6. The molecule has 0 spiro atoms. The molecule has 0 N–H and O–H groups in total. The molecule has 0 bridgehead atoms. The van der Waals surface area contributed by atoms with E-state index in [2.05, 4.69) is 69.4 Å². The van der Waals surface area contributed by atoms with Crippen LogP contribution in [0.4, 0.5) is 0 Å². The Hall–Kier alpha value is 0.0538. The zero-order valence-electron chi connectivity index (χ0n) is 11.9. The lowest BCUT2D eigenvalue weighted by molar-refractivity contribution is 0.202. The lowest BCUT2D eigenvalue weighted by Crippen LogP contribution is -2.44. The molecule has 0 unspecified atom stereocenters. The summed E-state index contributed by atoms with van der Waals surface area (Å²) < 4.78 is 5.78. The number of rotatable bonds is 7. The predicted molar refractivity (Wildman–Crippen MR) is 78.0 cm³/mol. The number of hydrogen-bond acceptors (Lipinski definition) is 3. The summed E-state index contributed by atoms with van der Waals surface area (Å²) in [6.45, 7) is 7.40. The van der Waals surface area contributed by atoms with E-state index in [0.29, 0.717) is 5.79 Å². The van der Waals surface area contributed by atoms with Gasteiger partial charge in [-0.3, -0.25) is 9.80 Å². The van der Waals surface area contributed by atoms with Gasteiger partial charge < -0.3 is 4.43 Å². The molecule has 0 aliphatic rings. The van der Waals surface area contributed by atoms with Crippen LogP contribution in [-0.4, -0.2) is 68.2 Å². The highest BCUT2D eigenvalue weighted by molar-refractivity contribution is 6.77. The van der Waals surface area contributed by atoms with Crippen molar-refractivity contribution in [2.24, 2.45) is 0 Å². The maximum Gasteiger partial charge on any atom is 0.210 e. The smallest absolute Gasteiger partial charge is 0.210 e. The molecule has 0 aromatic rings. The van der Waals surface area contributed by atoms with E-state index >= 15 is 0 Å². The van der Waals surface area contributed by atoms with Gasteiger partial charge >= 0.3 is 0 Å². The Morgan fingerprint density at radius 1 is 1.19 bits per heavy atom. The zero-order valence-corrected chi connectivity index (χ0v) is 14.4. The minimum atomic E-state index is -1.52. The molecule has 0 amide bonds. The van der Waals surface area contributed by atoms with Crippen LogP contribution >= 0.6 is 0 Å². The van der Waals surface area contributed by atoms with Crippen molar-refractivity contribution in [3.63, 3.8) is 0 Å². The van der Waals surface area contributed by atoms with Crippen molar-refractivity contribution in [2.75, 3.05) is 34.8 Å². The zero-order chi connectivity index (χ0) is 12.8. The molecule has 0 rings (SSSR count). The van der Waals surface area contributed by atoms with Gasteiger partial charge in [0.2, 0.25) is 8.32 Å². The third-order valence-electron chi connectivity index (χ3n) is 2.57. The van der Waals surface area contributed by atoms with E-state index in [-0.39, 0.29) is 9.52 Å². The highest BCUT2D eigenvalue weighted by Gasteiger charge is 2.18. The molecule has 0 aliphatic heterocycles. The molecule has 16 heavy (non-hydrogen) atoms. The fraction of sp³-hybridized carbons (Fsp3) is 0.818. The number of nitrogens with zero attached hydrogens (tertiary/aromatic N) is 2. The molecule has 0 heterocycles. The molecular weight excluding hydrogens is 232 g/mol. The molecule has 96 valence electrons. The highest BCUT2D eigenvalue weighted by atomic mass is 28.4. The van der Waals surface area contributed by atoms with E-state index in [4.69, 9.17) is 4.43 Å². The summed E-state index contributed by atoms with van der Waals surface area (Å²) in [7, 11) is 6.83. The van der Waals surface area contributed by atoms with Crippen LogP contribution in [0.15, 0.2) is 11.4 Å². The molecule has 0 fully saturated rings. The summed E-state index contributed by atoms with van der Waals surface area (Å²) in [4.78, 5) is 4.59. The second-order valence-electron chi connectivity index (χ2n) is 5.08. The maximum atomic E-state index is 5.78. The summed E-state index contributed by atoms with van der Waals surface area (Å²) >= 11 is 0. The van der Waals surface area contributed by atoms with Crippen LogP contribution < -0.4 is 0 Å². The first-order valence-corrected chi connectivity index (χ1v) is 10.6. The summed E-state index contributed by atoms with van der Waals surface area (Å²) in [5.41, 5.74) is 4.76. The van der Waals surface area contributed by atoms with E-state index in [9.17, 15) is 0 Å². The molecule has 0 saturated carbocycles. The average Bonchev–Trinajstić information content (AvgIpc) is 2.10. The van der Waals surface area contributed by atoms with Crippen LogP contribution in [0.5, 0.6) is 0 Å². The molecule has 0 radical (unpaired) electrons. The first kappa shape index (κ1) is 16.1. The van der Waals surface area contributed by atoms with E-state index in [1.54, 1.807) is 0 Å². The van der Waals surface area contributed by atoms with Crippen molar-refractivity contribution in [3.05, 3.63) is 11.4 Å². The van der Waals surface area contributed by atoms with Crippen molar-refractivity contribution >= 4 is 17.8 Å². The van der Waals surface area contributed by atoms with E-state index in [0.717, 1.165) is 6.61 Å². The predicted octanol–water partition coefficient (Wildman–Crippen LogP) is 0.856. The maximum absolute atomic E-state index is 5.78. The van der Waals surface area contributed by atoms with Gasteiger partial charge in [-0.2, -0.15) is 0 Å². The lowest BCUT2D eigenvalue weighted by Gasteiger charge is -2.29. The van der Waals surface area contributed by atoms with Crippen molar-refractivity contribution in [1.29, 1.82) is 0 Å². The van der Waals surface area contributed by atoms with Gasteiger partial charge in [0.1, 0.15) is 0 Å². The standard InChI is InChI=1S/C11H28N2OSi2/c1-8-14-16(6,7)10-9-15-11(12(2)3)13(4)5/h9-11H,8,15H2,1-7H3. The fourth-order valence-corrected chi connectivity index (χ4v) is 6.52. The Morgan fingerprint density at radius 2 is 1.69 bits per heavy atom. The quantitative estimate of drug-likeness (QED) is 0.499. The summed E-state index contributed by atoms with van der Waals surface area (Å²) in [6, 6.07) is 0. The number of hydrogen-bond donors (Lipinski definition) is 0. The van der Waals surface area contributed by atoms with Gasteiger partial charge in [0.05, 0.1) is 9.52 Å². The van der Waals surface area contributed by atoms with Gasteiger partial charge in [0.15, 0.2) is 0 Å². The van der Waals surface area contributed by atoms with Crippen molar-refractivity contribution in [3.8, 4) is 0 Å². The Balaban J connectivity index is 4.24. The summed E-state index contributed by atoms with van der Waals surface area (Å²) in [6.07, 6.45) is 0. The lowest BCUT2D eigenvalue weighted by atomic mass is 10.8. The van der Waals surface area contributed by atoms with Gasteiger partial charge in [-0.25, -0.2) is 0 Å². The van der Waals surface area contributed by atoms with Gasteiger partial charge in [-0.1, -0.05) is 5.70 Å². The highest BCUT2D eigenvalue weighted by Crippen LogP contribution is 2.06. The molecule has 0 saturated heterocycles. The monoisotopic (exact) mass is 260 g/mol. The molecule has 0 aromatic heterocycles. The van der Waals surface area contributed by atoms with E-state index < -0.39 is 8.32 Å². The third kappa shape index (κ3) is 6.60. The normalized spacial score (nSPS) is 14.4. The molecular formula is C11H28N2OSi2. The van der Waals surface area contributed by atoms with Gasteiger partial charge in [0.25, 0.3) is 0 Å². The van der Waals surface area contributed by atoms with Gasteiger partial charge in [-0.15, -0.1) is 5.70 Å². The van der Waals surface area contributed by atoms with E-state index in [1.807, 2.05) is 0 Å². The van der Waals surface area contributed by atoms with Crippen molar-refractivity contribution < 1.29 is 4.43 Å². The average molecular weight is 261 g/mol. The first-order valence-electron chi connectivity index (χ1n) is 5.94. The first-order chi connectivity index (χ1) is 7.30. The van der Waals surface area contributed by atoms with Crippen LogP contribution in [0.3, 0.4) is 0 Å². The Labute approximate surface area is 104 Å².